The van der Waals surface area contributed by atoms with E-state index in [1.54, 1.807) is 0 Å². The van der Waals surface area contributed by atoms with Crippen molar-refractivity contribution in [3.8, 4) is 5.75 Å². The van der Waals surface area contributed by atoms with Crippen LogP contribution in [0.2, 0.25) is 0 Å². The molecule has 1 aromatic carbocycles. The second-order valence-electron chi connectivity index (χ2n) is 6.33. The van der Waals surface area contributed by atoms with Gasteiger partial charge in [0.25, 0.3) is 5.91 Å². The Bertz CT molecular complexity index is 990. The summed E-state index contributed by atoms with van der Waals surface area (Å²) < 4.78 is 7.75. The highest BCUT2D eigenvalue weighted by atomic mass is 16.5. The van der Waals surface area contributed by atoms with Crippen LogP contribution in [-0.2, 0) is 17.6 Å². The van der Waals surface area contributed by atoms with Gasteiger partial charge in [0.1, 0.15) is 17.3 Å². The van der Waals surface area contributed by atoms with Crippen molar-refractivity contribution in [1.29, 1.82) is 0 Å². The molecule has 0 fully saturated rings. The number of pyridine rings is 1. The first-order valence-electron chi connectivity index (χ1n) is 8.75. The van der Waals surface area contributed by atoms with E-state index in [1.165, 1.54) is 0 Å². The van der Waals surface area contributed by atoms with Gasteiger partial charge in [0.05, 0.1) is 5.57 Å². The van der Waals surface area contributed by atoms with E-state index in [4.69, 9.17) is 4.74 Å². The third kappa shape index (κ3) is 3.18. The van der Waals surface area contributed by atoms with Crippen molar-refractivity contribution in [2.24, 2.45) is 0 Å². The van der Waals surface area contributed by atoms with Gasteiger partial charge in [-0.1, -0.05) is 24.3 Å². The zero-order chi connectivity index (χ0) is 17.9. The molecule has 0 aliphatic carbocycles. The zero-order valence-corrected chi connectivity index (χ0v) is 14.6. The summed E-state index contributed by atoms with van der Waals surface area (Å²) in [5.74, 6) is 2.34. The quantitative estimate of drug-likeness (QED) is 0.720. The maximum absolute atomic E-state index is 12.5. The molecule has 0 saturated carbocycles. The topological polar surface area (TPSA) is 68.5 Å². The van der Waals surface area contributed by atoms with Gasteiger partial charge in [0, 0.05) is 25.6 Å². The number of ether oxygens (including phenoxy) is 1. The minimum Gasteiger partial charge on any atom is -0.461 e. The highest BCUT2D eigenvalue weighted by Gasteiger charge is 2.21. The van der Waals surface area contributed by atoms with E-state index in [2.05, 4.69) is 15.5 Å². The molecule has 26 heavy (non-hydrogen) atoms. The summed E-state index contributed by atoms with van der Waals surface area (Å²) in [7, 11) is 0. The molecule has 1 amide bonds. The van der Waals surface area contributed by atoms with Crippen molar-refractivity contribution in [2.45, 2.75) is 26.2 Å². The fourth-order valence-electron chi connectivity index (χ4n) is 3.15. The second-order valence-corrected chi connectivity index (χ2v) is 6.33. The number of carbonyl (C=O) groups is 1. The first-order valence-corrected chi connectivity index (χ1v) is 8.75. The lowest BCUT2D eigenvalue weighted by Crippen LogP contribution is -2.29. The van der Waals surface area contributed by atoms with Crippen LogP contribution in [0.25, 0.3) is 5.65 Å². The number of nitrogens with one attached hydrogen (secondary N) is 1. The third-order valence-electron chi connectivity index (χ3n) is 4.55. The van der Waals surface area contributed by atoms with Gasteiger partial charge in [0.2, 0.25) is 0 Å². The number of carbonyl (C=O) groups excluding carboxylic acids is 1. The highest BCUT2D eigenvalue weighted by Crippen LogP contribution is 2.29. The van der Waals surface area contributed by atoms with Crippen molar-refractivity contribution in [3.63, 3.8) is 0 Å². The summed E-state index contributed by atoms with van der Waals surface area (Å²) in [6, 6.07) is 13.6. The van der Waals surface area contributed by atoms with E-state index in [9.17, 15) is 4.79 Å². The summed E-state index contributed by atoms with van der Waals surface area (Å²) >= 11 is 0. The average Bonchev–Trinajstić information content (AvgIpc) is 3.07. The average molecular weight is 348 g/mol. The first-order chi connectivity index (χ1) is 12.7. The summed E-state index contributed by atoms with van der Waals surface area (Å²) in [5, 5.41) is 11.3. The molecule has 0 spiro atoms. The van der Waals surface area contributed by atoms with Crippen LogP contribution in [0.5, 0.6) is 5.75 Å². The van der Waals surface area contributed by atoms with Crippen LogP contribution in [0.4, 0.5) is 0 Å². The van der Waals surface area contributed by atoms with E-state index >= 15 is 0 Å². The fraction of sp³-hybridized carbons (Fsp3) is 0.250. The minimum atomic E-state index is -0.0666. The molecular weight excluding hydrogens is 328 g/mol. The molecule has 0 unspecified atom stereocenters. The molecule has 132 valence electrons. The van der Waals surface area contributed by atoms with Gasteiger partial charge in [-0.05, 0) is 37.1 Å². The highest BCUT2D eigenvalue weighted by molar-refractivity contribution is 5.94. The van der Waals surface area contributed by atoms with E-state index in [0.717, 1.165) is 35.6 Å². The largest absolute Gasteiger partial charge is 0.461 e. The lowest BCUT2D eigenvalue weighted by atomic mass is 10.00. The number of aromatic nitrogens is 3. The Kier molecular flexibility index (Phi) is 4.39. The Morgan fingerprint density at radius 2 is 2.04 bits per heavy atom. The lowest BCUT2D eigenvalue weighted by molar-refractivity contribution is -0.117. The van der Waals surface area contributed by atoms with Crippen LogP contribution >= 0.6 is 0 Å². The molecule has 3 heterocycles. The van der Waals surface area contributed by atoms with Gasteiger partial charge >= 0.3 is 0 Å². The van der Waals surface area contributed by atoms with E-state index in [-0.39, 0.29) is 5.91 Å². The van der Waals surface area contributed by atoms with Crippen molar-refractivity contribution < 1.29 is 9.53 Å². The van der Waals surface area contributed by atoms with Crippen LogP contribution in [0.1, 0.15) is 24.7 Å². The molecule has 3 aromatic rings. The van der Waals surface area contributed by atoms with Gasteiger partial charge in [-0.25, -0.2) is 0 Å². The molecule has 0 bridgehead atoms. The van der Waals surface area contributed by atoms with E-state index in [0.29, 0.717) is 24.3 Å². The molecule has 1 aliphatic rings. The maximum Gasteiger partial charge on any atom is 0.250 e. The number of fused-ring (bicyclic) bond motifs is 2. The number of rotatable bonds is 5. The third-order valence-corrected chi connectivity index (χ3v) is 4.55. The molecule has 0 saturated heterocycles. The Balaban J connectivity index is 1.33. The molecule has 0 atom stereocenters. The maximum atomic E-state index is 12.5. The summed E-state index contributed by atoms with van der Waals surface area (Å²) in [6.45, 7) is 2.42. The van der Waals surface area contributed by atoms with Crippen LogP contribution in [0, 0.1) is 0 Å². The summed E-state index contributed by atoms with van der Waals surface area (Å²) in [6.07, 6.45) is 4.10. The van der Waals surface area contributed by atoms with Crippen molar-refractivity contribution in [3.05, 3.63) is 71.4 Å². The lowest BCUT2D eigenvalue weighted by Gasteiger charge is -2.21. The van der Waals surface area contributed by atoms with Crippen LogP contribution in [0.15, 0.2) is 60.0 Å². The molecular formula is C20H20N4O2. The first kappa shape index (κ1) is 16.3. The molecule has 4 rings (SSSR count). The smallest absolute Gasteiger partial charge is 0.250 e. The number of nitrogens with zero attached hydrogens (tertiary/aromatic N) is 3. The molecule has 6 heteroatoms. The van der Waals surface area contributed by atoms with E-state index < -0.39 is 0 Å². The van der Waals surface area contributed by atoms with Gasteiger partial charge < -0.3 is 10.1 Å². The predicted molar refractivity (Wildman–Crippen MR) is 97.8 cm³/mol. The number of hydrogen-bond donors (Lipinski definition) is 1. The standard InChI is InChI=1S/C20H20N4O2/c1-14-16(13-15-7-2-3-8-17(15)26-14)20(25)21-11-6-10-19-23-22-18-9-4-5-12-24(18)19/h2-5,7-9,12H,6,10-11,13H2,1H3,(H,21,25). The van der Waals surface area contributed by atoms with Crippen LogP contribution < -0.4 is 10.1 Å². The second kappa shape index (κ2) is 7.00. The van der Waals surface area contributed by atoms with Crippen molar-refractivity contribution in [2.75, 3.05) is 6.54 Å². The van der Waals surface area contributed by atoms with Crippen LogP contribution in [-0.4, -0.2) is 27.0 Å². The molecule has 1 N–H and O–H groups in total. The predicted octanol–water partition coefficient (Wildman–Crippen LogP) is 2.69. The fourth-order valence-corrected chi connectivity index (χ4v) is 3.15. The van der Waals surface area contributed by atoms with Crippen LogP contribution in [0.3, 0.4) is 0 Å². The van der Waals surface area contributed by atoms with Gasteiger partial charge in [-0.2, -0.15) is 0 Å². The number of benzene rings is 1. The molecule has 0 radical (unpaired) electrons. The molecule has 6 nitrogen and oxygen atoms in total. The Labute approximate surface area is 151 Å². The monoisotopic (exact) mass is 348 g/mol. The Morgan fingerprint density at radius 3 is 2.96 bits per heavy atom. The minimum absolute atomic E-state index is 0.0666. The van der Waals surface area contributed by atoms with Crippen molar-refractivity contribution in [1.82, 2.24) is 19.9 Å². The zero-order valence-electron chi connectivity index (χ0n) is 14.6. The van der Waals surface area contributed by atoms with Crippen molar-refractivity contribution >= 4 is 11.6 Å². The van der Waals surface area contributed by atoms with E-state index in [1.807, 2.05) is 60.0 Å². The SMILES string of the molecule is CC1=C(C(=O)NCCCc2nnc3ccccn23)Cc2ccccc2O1. The number of allylic oxidation sites excluding steroid dienone is 1. The number of amides is 1. The van der Waals surface area contributed by atoms with Gasteiger partial charge in [-0.3, -0.25) is 9.20 Å². The number of hydrogen-bond acceptors (Lipinski definition) is 4. The molecule has 1 aliphatic heterocycles. The summed E-state index contributed by atoms with van der Waals surface area (Å²) in [5.41, 5.74) is 2.57. The van der Waals surface area contributed by atoms with Gasteiger partial charge in [-0.15, -0.1) is 10.2 Å². The number of aryl methyl sites for hydroxylation is 1. The van der Waals surface area contributed by atoms with Gasteiger partial charge in [0.15, 0.2) is 5.65 Å². The number of para-hydroxylation sites is 1. The normalized spacial score (nSPS) is 13.4. The Hall–Kier alpha value is -3.15. The summed E-state index contributed by atoms with van der Waals surface area (Å²) in [4.78, 5) is 12.5. The molecule has 2 aromatic heterocycles. The Morgan fingerprint density at radius 1 is 1.19 bits per heavy atom.